The molecule has 13 heteroatoms. The van der Waals surface area contributed by atoms with Gasteiger partial charge in [-0.3, -0.25) is 4.79 Å². The van der Waals surface area contributed by atoms with Crippen molar-refractivity contribution in [1.82, 2.24) is 20.2 Å². The zero-order valence-corrected chi connectivity index (χ0v) is 25.1. The summed E-state index contributed by atoms with van der Waals surface area (Å²) in [6.07, 6.45) is 4.03. The average molecular weight is 624 g/mol. The fourth-order valence-electron chi connectivity index (χ4n) is 5.49. The highest BCUT2D eigenvalue weighted by Crippen LogP contribution is 2.26. The number of anilines is 1. The van der Waals surface area contributed by atoms with E-state index < -0.39 is 30.7 Å². The number of aromatic nitrogens is 2. The minimum atomic E-state index is -1.42. The van der Waals surface area contributed by atoms with E-state index in [0.29, 0.717) is 60.4 Å². The van der Waals surface area contributed by atoms with Crippen LogP contribution in [0.1, 0.15) is 37.7 Å². The summed E-state index contributed by atoms with van der Waals surface area (Å²) in [4.78, 5) is 25.1. The number of halogens is 2. The van der Waals surface area contributed by atoms with Gasteiger partial charge >= 0.3 is 0 Å². The minimum absolute atomic E-state index is 0.00585. The molecule has 0 saturated carbocycles. The summed E-state index contributed by atoms with van der Waals surface area (Å²) in [7, 11) is 0. The number of nitrogens with one attached hydrogen (secondary N) is 1. The second-order valence-electron chi connectivity index (χ2n) is 11.5. The van der Waals surface area contributed by atoms with Crippen LogP contribution in [0.25, 0.3) is 0 Å². The van der Waals surface area contributed by atoms with Crippen LogP contribution in [-0.4, -0.2) is 112 Å². The highest BCUT2D eigenvalue weighted by molar-refractivity contribution is 6.30. The van der Waals surface area contributed by atoms with E-state index in [4.69, 9.17) is 21.4 Å². The standard InChI is InChI=1S/C30H43ClFN5O6/c31-23-14-34-30(35-15-23)36-9-6-20(7-10-36)2-1-11-43-24-4-3-22(25(32)13-24)12-28(41)37-17-21(18-37)5-8-33-16-26(39)29(42)27(40)19-38/h3-4,13-15,20-21,26-27,29,33,38-40,42H,1-2,5-12,16-19H2/t26-,27+,29-/m0/s1. The van der Waals surface area contributed by atoms with Gasteiger partial charge in [0.25, 0.3) is 0 Å². The summed E-state index contributed by atoms with van der Waals surface area (Å²) in [5.74, 6) is 1.51. The van der Waals surface area contributed by atoms with E-state index in [0.717, 1.165) is 45.2 Å². The van der Waals surface area contributed by atoms with Crippen molar-refractivity contribution in [2.75, 3.05) is 57.4 Å². The summed E-state index contributed by atoms with van der Waals surface area (Å²) in [6.45, 7) is 3.52. The van der Waals surface area contributed by atoms with E-state index in [2.05, 4.69) is 20.2 Å². The van der Waals surface area contributed by atoms with E-state index in [1.54, 1.807) is 29.4 Å². The van der Waals surface area contributed by atoms with E-state index in [1.807, 2.05) is 0 Å². The number of rotatable bonds is 16. The van der Waals surface area contributed by atoms with Crippen molar-refractivity contribution in [3.05, 3.63) is 47.0 Å². The molecular weight excluding hydrogens is 581 g/mol. The maximum absolute atomic E-state index is 14.7. The van der Waals surface area contributed by atoms with Gasteiger partial charge in [0.2, 0.25) is 11.9 Å². The first-order valence-electron chi connectivity index (χ1n) is 15.0. The maximum atomic E-state index is 14.7. The Kier molecular flexibility index (Phi) is 12.7. The van der Waals surface area contributed by atoms with Gasteiger partial charge in [0.15, 0.2) is 0 Å². The smallest absolute Gasteiger partial charge is 0.227 e. The van der Waals surface area contributed by atoms with Crippen molar-refractivity contribution in [2.45, 2.75) is 56.8 Å². The van der Waals surface area contributed by atoms with Gasteiger partial charge in [0.1, 0.15) is 23.8 Å². The molecular formula is C30H43ClFN5O6. The number of hydrogen-bond acceptors (Lipinski definition) is 10. The number of nitrogens with zero attached hydrogens (tertiary/aromatic N) is 4. The molecule has 238 valence electrons. The Morgan fingerprint density at radius 2 is 1.81 bits per heavy atom. The SMILES string of the molecule is O=C(Cc1ccc(OCCCC2CCN(c3ncc(Cl)cn3)CC2)cc1F)N1CC(CCNC[C@H](O)[C@H](O)[C@H](O)CO)C1. The number of piperidine rings is 1. The van der Waals surface area contributed by atoms with Crippen LogP contribution in [-0.2, 0) is 11.2 Å². The summed E-state index contributed by atoms with van der Waals surface area (Å²) in [5, 5.41) is 41.2. The first kappa shape index (κ1) is 33.3. The monoisotopic (exact) mass is 623 g/mol. The van der Waals surface area contributed by atoms with Crippen LogP contribution >= 0.6 is 11.6 Å². The van der Waals surface area contributed by atoms with Crippen molar-refractivity contribution in [3.63, 3.8) is 0 Å². The lowest BCUT2D eigenvalue weighted by Crippen LogP contribution is -2.51. The molecule has 43 heavy (non-hydrogen) atoms. The Labute approximate surface area is 256 Å². The van der Waals surface area contributed by atoms with E-state index in [-0.39, 0.29) is 18.9 Å². The quantitative estimate of drug-likeness (QED) is 0.174. The van der Waals surface area contributed by atoms with Crippen LogP contribution in [0.4, 0.5) is 10.3 Å². The van der Waals surface area contributed by atoms with Crippen molar-refractivity contribution in [2.24, 2.45) is 11.8 Å². The predicted octanol–water partition coefficient (Wildman–Crippen LogP) is 1.40. The third kappa shape index (κ3) is 9.95. The minimum Gasteiger partial charge on any atom is -0.493 e. The number of likely N-dealkylation sites (tertiary alicyclic amines) is 1. The second kappa shape index (κ2) is 16.5. The van der Waals surface area contributed by atoms with Crippen molar-refractivity contribution in [3.8, 4) is 5.75 Å². The lowest BCUT2D eigenvalue weighted by atomic mass is 9.92. The number of aliphatic hydroxyl groups excluding tert-OH is 4. The van der Waals surface area contributed by atoms with Gasteiger partial charge in [0, 0.05) is 38.8 Å². The van der Waals surface area contributed by atoms with Crippen LogP contribution in [0.3, 0.4) is 0 Å². The van der Waals surface area contributed by atoms with Crippen LogP contribution in [0.15, 0.2) is 30.6 Å². The molecule has 2 aliphatic heterocycles. The third-order valence-corrected chi connectivity index (χ3v) is 8.46. The van der Waals surface area contributed by atoms with Crippen LogP contribution in [0.5, 0.6) is 5.75 Å². The van der Waals surface area contributed by atoms with Crippen LogP contribution < -0.4 is 15.0 Å². The van der Waals surface area contributed by atoms with Gasteiger partial charge in [-0.2, -0.15) is 0 Å². The Morgan fingerprint density at radius 3 is 2.49 bits per heavy atom. The largest absolute Gasteiger partial charge is 0.493 e. The zero-order valence-electron chi connectivity index (χ0n) is 24.3. The molecule has 5 N–H and O–H groups in total. The van der Waals surface area contributed by atoms with Crippen molar-refractivity contribution >= 4 is 23.5 Å². The van der Waals surface area contributed by atoms with Gasteiger partial charge in [-0.15, -0.1) is 0 Å². The van der Waals surface area contributed by atoms with Crippen LogP contribution in [0.2, 0.25) is 5.02 Å². The number of aliphatic hydroxyl groups is 4. The summed E-state index contributed by atoms with van der Waals surface area (Å²) < 4.78 is 20.5. The lowest BCUT2D eigenvalue weighted by Gasteiger charge is -2.39. The number of carbonyl (C=O) groups is 1. The van der Waals surface area contributed by atoms with Gasteiger partial charge in [-0.25, -0.2) is 14.4 Å². The Balaban J connectivity index is 1.07. The van der Waals surface area contributed by atoms with Gasteiger partial charge < -0.3 is 40.3 Å². The average Bonchev–Trinajstić information content (AvgIpc) is 2.99. The molecule has 2 saturated heterocycles. The Morgan fingerprint density at radius 1 is 1.09 bits per heavy atom. The fraction of sp³-hybridized carbons (Fsp3) is 0.633. The maximum Gasteiger partial charge on any atom is 0.227 e. The summed E-state index contributed by atoms with van der Waals surface area (Å²) in [5.41, 5.74) is 0.344. The molecule has 11 nitrogen and oxygen atoms in total. The molecule has 2 fully saturated rings. The third-order valence-electron chi connectivity index (χ3n) is 8.26. The van der Waals surface area contributed by atoms with E-state index in [9.17, 15) is 24.5 Å². The molecule has 3 atom stereocenters. The highest BCUT2D eigenvalue weighted by Gasteiger charge is 2.31. The molecule has 0 bridgehead atoms. The molecule has 2 aromatic rings. The fourth-order valence-corrected chi connectivity index (χ4v) is 5.58. The highest BCUT2D eigenvalue weighted by atomic mass is 35.5. The predicted molar refractivity (Wildman–Crippen MR) is 159 cm³/mol. The topological polar surface area (TPSA) is 152 Å². The summed E-state index contributed by atoms with van der Waals surface area (Å²) >= 11 is 5.87. The number of amides is 1. The van der Waals surface area contributed by atoms with Crippen LogP contribution in [0, 0.1) is 17.7 Å². The zero-order chi connectivity index (χ0) is 30.8. The summed E-state index contributed by atoms with van der Waals surface area (Å²) in [6, 6.07) is 4.68. The van der Waals surface area contributed by atoms with Crippen molar-refractivity contribution in [1.29, 1.82) is 0 Å². The first-order chi connectivity index (χ1) is 20.7. The molecule has 1 aromatic carbocycles. The number of hydrogen-bond donors (Lipinski definition) is 5. The number of benzene rings is 1. The van der Waals surface area contributed by atoms with Gasteiger partial charge in [-0.05, 0) is 62.1 Å². The molecule has 1 amide bonds. The van der Waals surface area contributed by atoms with Crippen molar-refractivity contribution < 1.29 is 34.3 Å². The van der Waals surface area contributed by atoms with E-state index in [1.165, 1.54) is 6.07 Å². The molecule has 0 spiro atoms. The van der Waals surface area contributed by atoms with Gasteiger partial charge in [-0.1, -0.05) is 17.7 Å². The molecule has 2 aliphatic rings. The molecule has 0 radical (unpaired) electrons. The first-order valence-corrected chi connectivity index (χ1v) is 15.4. The molecule has 0 unspecified atom stereocenters. The lowest BCUT2D eigenvalue weighted by molar-refractivity contribution is -0.136. The number of carbonyl (C=O) groups excluding carboxylic acids is 1. The van der Waals surface area contributed by atoms with E-state index >= 15 is 0 Å². The molecule has 4 rings (SSSR count). The Bertz CT molecular complexity index is 1150. The molecule has 3 heterocycles. The van der Waals surface area contributed by atoms with Gasteiger partial charge in [0.05, 0.1) is 43.2 Å². The molecule has 1 aromatic heterocycles. The second-order valence-corrected chi connectivity index (χ2v) is 12.0. The normalized spacial score (nSPS) is 18.3. The Hall–Kier alpha value is -2.61. The number of ether oxygens (including phenoxy) is 1. The molecule has 0 aliphatic carbocycles.